The normalized spacial score (nSPS) is 10.1. The first kappa shape index (κ1) is 10.4. The number of aryl methyl sites for hydroxylation is 1. The van der Waals surface area contributed by atoms with Crippen molar-refractivity contribution in [2.75, 3.05) is 11.9 Å². The van der Waals surface area contributed by atoms with Gasteiger partial charge >= 0.3 is 0 Å². The number of carbonyl (C=O) groups is 1. The molecule has 1 amide bonds. The molecule has 2 aromatic rings. The number of amides is 1. The molecule has 0 aromatic carbocycles. The van der Waals surface area contributed by atoms with Crippen LogP contribution in [-0.2, 0) is 0 Å². The van der Waals surface area contributed by atoms with Gasteiger partial charge in [-0.05, 0) is 19.1 Å². The van der Waals surface area contributed by atoms with Gasteiger partial charge in [-0.1, -0.05) is 0 Å². The lowest BCUT2D eigenvalue weighted by atomic mass is 10.2. The Bertz CT molecular complexity index is 492. The number of carbonyl (C=O) groups excluding carboxylic acids is 1. The van der Waals surface area contributed by atoms with Gasteiger partial charge in [-0.3, -0.25) is 14.9 Å². The monoisotopic (exact) mass is 216 g/mol. The van der Waals surface area contributed by atoms with Gasteiger partial charge < -0.3 is 4.90 Å². The zero-order chi connectivity index (χ0) is 11.5. The summed E-state index contributed by atoms with van der Waals surface area (Å²) in [4.78, 5) is 17.6. The van der Waals surface area contributed by atoms with E-state index in [2.05, 4.69) is 15.2 Å². The molecule has 1 N–H and O–H groups in total. The lowest BCUT2D eigenvalue weighted by Crippen LogP contribution is -2.26. The second kappa shape index (κ2) is 4.14. The van der Waals surface area contributed by atoms with Crippen LogP contribution in [0, 0.1) is 6.92 Å². The molecule has 2 aromatic heterocycles. The maximum absolute atomic E-state index is 12.1. The van der Waals surface area contributed by atoms with E-state index < -0.39 is 0 Å². The third-order valence-corrected chi connectivity index (χ3v) is 2.40. The predicted molar refractivity (Wildman–Crippen MR) is 60.3 cm³/mol. The average molecular weight is 216 g/mol. The highest BCUT2D eigenvalue weighted by Crippen LogP contribution is 2.14. The van der Waals surface area contributed by atoms with Crippen LogP contribution in [0.5, 0.6) is 0 Å². The van der Waals surface area contributed by atoms with Gasteiger partial charge in [0.15, 0.2) is 0 Å². The minimum absolute atomic E-state index is 0.0979. The molecule has 0 aliphatic rings. The maximum atomic E-state index is 12.1. The largest absolute Gasteiger partial charge is 0.310 e. The number of anilines is 1. The van der Waals surface area contributed by atoms with Crippen molar-refractivity contribution in [3.8, 4) is 0 Å². The van der Waals surface area contributed by atoms with Gasteiger partial charge in [-0.2, -0.15) is 5.10 Å². The van der Waals surface area contributed by atoms with Crippen molar-refractivity contribution in [3.05, 3.63) is 42.0 Å². The minimum atomic E-state index is -0.0979. The van der Waals surface area contributed by atoms with Crippen molar-refractivity contribution in [1.82, 2.24) is 15.2 Å². The Morgan fingerprint density at radius 3 is 2.81 bits per heavy atom. The summed E-state index contributed by atoms with van der Waals surface area (Å²) in [5.41, 5.74) is 2.10. The number of H-pyrrole nitrogens is 1. The number of nitrogens with one attached hydrogen (secondary N) is 1. The topological polar surface area (TPSA) is 61.9 Å². The van der Waals surface area contributed by atoms with Crippen LogP contribution in [-0.4, -0.2) is 28.1 Å². The molecule has 82 valence electrons. The molecule has 2 rings (SSSR count). The summed E-state index contributed by atoms with van der Waals surface area (Å²) in [7, 11) is 1.71. The molecule has 0 bridgehead atoms. The molecule has 0 atom stereocenters. The van der Waals surface area contributed by atoms with Crippen LogP contribution in [0.4, 0.5) is 5.69 Å². The number of nitrogens with zero attached hydrogens (tertiary/aromatic N) is 3. The Hall–Kier alpha value is -2.17. The van der Waals surface area contributed by atoms with Crippen molar-refractivity contribution >= 4 is 11.6 Å². The van der Waals surface area contributed by atoms with Gasteiger partial charge in [-0.25, -0.2) is 0 Å². The summed E-state index contributed by atoms with van der Waals surface area (Å²) in [6.45, 7) is 1.82. The summed E-state index contributed by atoms with van der Waals surface area (Å²) >= 11 is 0. The third kappa shape index (κ3) is 1.79. The third-order valence-electron chi connectivity index (χ3n) is 2.40. The van der Waals surface area contributed by atoms with Crippen molar-refractivity contribution < 1.29 is 4.79 Å². The molecule has 0 aliphatic carbocycles. The van der Waals surface area contributed by atoms with Crippen LogP contribution < -0.4 is 4.90 Å². The van der Waals surface area contributed by atoms with E-state index in [0.29, 0.717) is 5.56 Å². The molecule has 5 nitrogen and oxygen atoms in total. The quantitative estimate of drug-likeness (QED) is 0.825. The van der Waals surface area contributed by atoms with Crippen molar-refractivity contribution in [3.63, 3.8) is 0 Å². The van der Waals surface area contributed by atoms with Crippen LogP contribution in [0.15, 0.2) is 30.7 Å². The van der Waals surface area contributed by atoms with Gasteiger partial charge in [0.25, 0.3) is 5.91 Å². The zero-order valence-corrected chi connectivity index (χ0v) is 9.14. The van der Waals surface area contributed by atoms with Gasteiger partial charge in [0.1, 0.15) is 0 Å². The zero-order valence-electron chi connectivity index (χ0n) is 9.14. The second-order valence-corrected chi connectivity index (χ2v) is 3.48. The number of hydrogen-bond acceptors (Lipinski definition) is 3. The van der Waals surface area contributed by atoms with E-state index >= 15 is 0 Å². The van der Waals surface area contributed by atoms with Gasteiger partial charge in [0, 0.05) is 18.9 Å². The smallest absolute Gasteiger partial charge is 0.261 e. The van der Waals surface area contributed by atoms with Crippen LogP contribution in [0.2, 0.25) is 0 Å². The van der Waals surface area contributed by atoms with Crippen molar-refractivity contribution in [2.24, 2.45) is 0 Å². The van der Waals surface area contributed by atoms with E-state index in [9.17, 15) is 4.79 Å². The van der Waals surface area contributed by atoms with E-state index in [-0.39, 0.29) is 5.91 Å². The Morgan fingerprint density at radius 2 is 2.25 bits per heavy atom. The molecule has 2 heterocycles. The molecular formula is C11H12N4O. The lowest BCUT2D eigenvalue weighted by Gasteiger charge is -2.16. The van der Waals surface area contributed by atoms with Crippen molar-refractivity contribution in [1.29, 1.82) is 0 Å². The number of hydrogen-bond donors (Lipinski definition) is 1. The van der Waals surface area contributed by atoms with Crippen LogP contribution in [0.3, 0.4) is 0 Å². The predicted octanol–water partition coefficient (Wildman–Crippen LogP) is 1.39. The van der Waals surface area contributed by atoms with Gasteiger partial charge in [0.05, 0.1) is 23.6 Å². The Balaban J connectivity index is 2.27. The molecule has 0 saturated heterocycles. The van der Waals surface area contributed by atoms with Crippen LogP contribution >= 0.6 is 0 Å². The van der Waals surface area contributed by atoms with Gasteiger partial charge in [-0.15, -0.1) is 0 Å². The fraction of sp³-hybridized carbons (Fsp3) is 0.182. The Labute approximate surface area is 93.1 Å². The van der Waals surface area contributed by atoms with Crippen molar-refractivity contribution in [2.45, 2.75) is 6.92 Å². The Morgan fingerprint density at radius 1 is 1.44 bits per heavy atom. The molecule has 0 fully saturated rings. The standard InChI is InChI=1S/C11H12N4O/c1-8-10(7-13-14-8)11(16)15(2)9-4-3-5-12-6-9/h3-7H,1-2H3,(H,13,14). The maximum Gasteiger partial charge on any atom is 0.261 e. The SMILES string of the molecule is Cc1[nH]ncc1C(=O)N(C)c1cccnc1. The first-order chi connectivity index (χ1) is 7.70. The van der Waals surface area contributed by atoms with Gasteiger partial charge in [0.2, 0.25) is 0 Å². The molecule has 16 heavy (non-hydrogen) atoms. The van der Waals surface area contributed by atoms with E-state index in [4.69, 9.17) is 0 Å². The number of aromatic nitrogens is 3. The molecular weight excluding hydrogens is 204 g/mol. The fourth-order valence-corrected chi connectivity index (χ4v) is 1.42. The highest BCUT2D eigenvalue weighted by Gasteiger charge is 2.16. The molecule has 0 aliphatic heterocycles. The van der Waals surface area contributed by atoms with Crippen LogP contribution in [0.25, 0.3) is 0 Å². The first-order valence-electron chi connectivity index (χ1n) is 4.88. The summed E-state index contributed by atoms with van der Waals surface area (Å²) in [5, 5.41) is 6.57. The van der Waals surface area contributed by atoms with E-state index in [1.54, 1.807) is 30.4 Å². The summed E-state index contributed by atoms with van der Waals surface area (Å²) in [5.74, 6) is -0.0979. The molecule has 0 spiro atoms. The minimum Gasteiger partial charge on any atom is -0.310 e. The molecule has 0 saturated carbocycles. The number of rotatable bonds is 2. The van der Waals surface area contributed by atoms with E-state index in [1.807, 2.05) is 13.0 Å². The molecule has 0 radical (unpaired) electrons. The highest BCUT2D eigenvalue weighted by molar-refractivity contribution is 6.06. The average Bonchev–Trinajstić information content (AvgIpc) is 2.75. The first-order valence-corrected chi connectivity index (χ1v) is 4.88. The summed E-state index contributed by atoms with van der Waals surface area (Å²) in [6.07, 6.45) is 4.85. The number of aromatic amines is 1. The second-order valence-electron chi connectivity index (χ2n) is 3.48. The fourth-order valence-electron chi connectivity index (χ4n) is 1.42. The Kier molecular flexibility index (Phi) is 2.68. The van der Waals surface area contributed by atoms with E-state index in [1.165, 1.54) is 6.20 Å². The summed E-state index contributed by atoms with van der Waals surface area (Å²) < 4.78 is 0. The lowest BCUT2D eigenvalue weighted by molar-refractivity contribution is 0.0992. The van der Waals surface area contributed by atoms with E-state index in [0.717, 1.165) is 11.4 Å². The number of pyridine rings is 1. The molecule has 0 unspecified atom stereocenters. The summed E-state index contributed by atoms with van der Waals surface area (Å²) in [6, 6.07) is 3.63. The molecule has 5 heteroatoms. The highest BCUT2D eigenvalue weighted by atomic mass is 16.2. The van der Waals surface area contributed by atoms with Crippen LogP contribution in [0.1, 0.15) is 16.1 Å².